The third kappa shape index (κ3) is 2.37. The lowest BCUT2D eigenvalue weighted by atomic mass is 10.1. The summed E-state index contributed by atoms with van der Waals surface area (Å²) in [5.41, 5.74) is 0. The van der Waals surface area contributed by atoms with Crippen LogP contribution in [-0.2, 0) is 0 Å². The quantitative estimate of drug-likeness (QED) is 0.778. The van der Waals surface area contributed by atoms with Gasteiger partial charge in [-0.3, -0.25) is 4.39 Å². The Hall–Kier alpha value is -0.900. The highest BCUT2D eigenvalue weighted by Gasteiger charge is 2.29. The van der Waals surface area contributed by atoms with Crippen LogP contribution in [0.4, 0.5) is 10.2 Å². The van der Waals surface area contributed by atoms with E-state index in [0.717, 1.165) is 44.0 Å². The summed E-state index contributed by atoms with van der Waals surface area (Å²) >= 11 is 6.02. The van der Waals surface area contributed by atoms with Gasteiger partial charge in [-0.25, -0.2) is 9.97 Å². The van der Waals surface area contributed by atoms with Crippen molar-refractivity contribution in [1.29, 1.82) is 0 Å². The number of alkyl halides is 1. The number of anilines is 1. The van der Waals surface area contributed by atoms with E-state index in [2.05, 4.69) is 14.9 Å². The zero-order chi connectivity index (χ0) is 11.8. The lowest BCUT2D eigenvalue weighted by Gasteiger charge is -2.17. The second kappa shape index (κ2) is 4.41. The molecular weight excluding hydrogens is 241 g/mol. The van der Waals surface area contributed by atoms with E-state index in [1.54, 1.807) is 6.07 Å². The molecule has 0 bridgehead atoms. The van der Waals surface area contributed by atoms with Crippen molar-refractivity contribution in [3.8, 4) is 0 Å². The number of nitrogens with zero attached hydrogens (tertiary/aromatic N) is 3. The molecule has 0 N–H and O–H groups in total. The zero-order valence-corrected chi connectivity index (χ0v) is 10.3. The molecule has 3 nitrogen and oxygen atoms in total. The van der Waals surface area contributed by atoms with E-state index in [4.69, 9.17) is 11.6 Å². The van der Waals surface area contributed by atoms with Crippen LogP contribution < -0.4 is 4.90 Å². The molecule has 0 aromatic carbocycles. The van der Waals surface area contributed by atoms with Gasteiger partial charge in [0, 0.05) is 31.0 Å². The predicted octanol–water partition coefficient (Wildman–Crippen LogP) is 2.80. The van der Waals surface area contributed by atoms with Gasteiger partial charge in [0.15, 0.2) is 0 Å². The van der Waals surface area contributed by atoms with Crippen LogP contribution in [0.15, 0.2) is 6.07 Å². The molecule has 17 heavy (non-hydrogen) atoms. The van der Waals surface area contributed by atoms with Crippen LogP contribution in [0.1, 0.15) is 31.0 Å². The Morgan fingerprint density at radius 3 is 2.82 bits per heavy atom. The molecule has 1 saturated carbocycles. The number of hydrogen-bond acceptors (Lipinski definition) is 3. The van der Waals surface area contributed by atoms with Crippen LogP contribution in [0.2, 0.25) is 5.15 Å². The van der Waals surface area contributed by atoms with Crippen LogP contribution in [0.3, 0.4) is 0 Å². The fourth-order valence-electron chi connectivity index (χ4n) is 2.28. The van der Waals surface area contributed by atoms with E-state index in [1.165, 1.54) is 0 Å². The van der Waals surface area contributed by atoms with Gasteiger partial charge in [-0.1, -0.05) is 11.6 Å². The summed E-state index contributed by atoms with van der Waals surface area (Å²) in [5, 5.41) is 0.501. The first-order chi connectivity index (χ1) is 8.26. The first-order valence-electron chi connectivity index (χ1n) is 6.11. The molecule has 0 amide bonds. The van der Waals surface area contributed by atoms with E-state index in [0.29, 0.717) is 11.1 Å². The Morgan fingerprint density at radius 1 is 1.35 bits per heavy atom. The lowest BCUT2D eigenvalue weighted by molar-refractivity contribution is 0.384. The molecule has 3 rings (SSSR count). The molecule has 1 atom stereocenters. The molecule has 1 saturated heterocycles. The third-order valence-electron chi connectivity index (χ3n) is 3.47. The summed E-state index contributed by atoms with van der Waals surface area (Å²) < 4.78 is 12.6. The Bertz CT molecular complexity index is 422. The van der Waals surface area contributed by atoms with Gasteiger partial charge in [-0.05, 0) is 19.3 Å². The minimum atomic E-state index is -0.245. The molecule has 2 heterocycles. The maximum absolute atomic E-state index is 12.6. The molecule has 0 spiro atoms. The van der Waals surface area contributed by atoms with Crippen LogP contribution >= 0.6 is 11.6 Å². The fourth-order valence-corrected chi connectivity index (χ4v) is 2.46. The number of aromatic nitrogens is 2. The van der Waals surface area contributed by atoms with Crippen molar-refractivity contribution in [1.82, 2.24) is 9.97 Å². The number of rotatable bonds is 3. The summed E-state index contributed by atoms with van der Waals surface area (Å²) in [7, 11) is 0. The molecule has 1 aliphatic heterocycles. The second-order valence-electron chi connectivity index (χ2n) is 4.94. The Kier molecular flexibility index (Phi) is 2.90. The smallest absolute Gasteiger partial charge is 0.135 e. The van der Waals surface area contributed by atoms with Gasteiger partial charge in [0.2, 0.25) is 0 Å². The number of hydrogen-bond donors (Lipinski definition) is 0. The van der Waals surface area contributed by atoms with Crippen molar-refractivity contribution >= 4 is 17.4 Å². The molecule has 0 radical (unpaired) electrons. The second-order valence-corrected chi connectivity index (χ2v) is 5.32. The predicted molar refractivity (Wildman–Crippen MR) is 65.3 cm³/mol. The summed E-state index contributed by atoms with van der Waals surface area (Å²) in [6, 6.07) is 1.79. The maximum atomic E-state index is 12.6. The van der Waals surface area contributed by atoms with E-state index in [9.17, 15) is 4.39 Å². The highest BCUT2D eigenvalue weighted by atomic mass is 35.5. The molecule has 5 heteroatoms. The average Bonchev–Trinajstić information content (AvgIpc) is 3.06. The van der Waals surface area contributed by atoms with Gasteiger partial charge in [-0.15, -0.1) is 0 Å². The standard InChI is InChI=1S/C12H15ClFN3/c13-10-5-11(16-12(15-10)9-1-2-9)17-4-3-8(6-14)7-17/h5,8-9H,1-4,6-7H2/t8-/m0/s1. The van der Waals surface area contributed by atoms with E-state index < -0.39 is 0 Å². The van der Waals surface area contributed by atoms with E-state index in [-0.39, 0.29) is 12.6 Å². The normalized spacial score (nSPS) is 24.4. The van der Waals surface area contributed by atoms with Crippen molar-refractivity contribution in [2.45, 2.75) is 25.2 Å². The molecular formula is C12H15ClFN3. The first kappa shape index (κ1) is 11.2. The molecule has 0 unspecified atom stereocenters. The SMILES string of the molecule is FC[C@@H]1CCN(c2cc(Cl)nc(C3CC3)n2)C1. The van der Waals surface area contributed by atoms with Gasteiger partial charge in [0.25, 0.3) is 0 Å². The van der Waals surface area contributed by atoms with Gasteiger partial charge in [-0.2, -0.15) is 0 Å². The molecule has 2 aliphatic rings. The summed E-state index contributed by atoms with van der Waals surface area (Å²) in [5.74, 6) is 2.36. The Labute approximate surface area is 105 Å². The summed E-state index contributed by atoms with van der Waals surface area (Å²) in [6.07, 6.45) is 3.22. The van der Waals surface area contributed by atoms with Crippen LogP contribution in [0, 0.1) is 5.92 Å². The molecule has 1 aromatic rings. The summed E-state index contributed by atoms with van der Waals surface area (Å²) in [6.45, 7) is 1.37. The largest absolute Gasteiger partial charge is 0.356 e. The minimum Gasteiger partial charge on any atom is -0.356 e. The van der Waals surface area contributed by atoms with Crippen LogP contribution in [-0.4, -0.2) is 29.7 Å². The van der Waals surface area contributed by atoms with Crippen LogP contribution in [0.5, 0.6) is 0 Å². The van der Waals surface area contributed by atoms with Crippen molar-refractivity contribution < 1.29 is 4.39 Å². The van der Waals surface area contributed by atoms with Crippen molar-refractivity contribution in [3.63, 3.8) is 0 Å². The molecule has 1 aromatic heterocycles. The third-order valence-corrected chi connectivity index (χ3v) is 3.66. The van der Waals surface area contributed by atoms with Crippen molar-refractivity contribution in [2.24, 2.45) is 5.92 Å². The van der Waals surface area contributed by atoms with E-state index in [1.807, 2.05) is 0 Å². The highest BCUT2D eigenvalue weighted by molar-refractivity contribution is 6.29. The van der Waals surface area contributed by atoms with Crippen molar-refractivity contribution in [2.75, 3.05) is 24.7 Å². The highest BCUT2D eigenvalue weighted by Crippen LogP contribution is 2.39. The number of halogens is 2. The van der Waals surface area contributed by atoms with Gasteiger partial charge >= 0.3 is 0 Å². The molecule has 92 valence electrons. The maximum Gasteiger partial charge on any atom is 0.135 e. The molecule has 2 fully saturated rings. The van der Waals surface area contributed by atoms with Gasteiger partial charge in [0.1, 0.15) is 16.8 Å². The summed E-state index contributed by atoms with van der Waals surface area (Å²) in [4.78, 5) is 10.9. The average molecular weight is 256 g/mol. The van der Waals surface area contributed by atoms with E-state index >= 15 is 0 Å². The Morgan fingerprint density at radius 2 is 2.18 bits per heavy atom. The monoisotopic (exact) mass is 255 g/mol. The fraction of sp³-hybridized carbons (Fsp3) is 0.667. The van der Waals surface area contributed by atoms with Crippen molar-refractivity contribution in [3.05, 3.63) is 17.0 Å². The Balaban J connectivity index is 1.82. The lowest BCUT2D eigenvalue weighted by Crippen LogP contribution is -2.22. The van der Waals surface area contributed by atoms with Gasteiger partial charge in [0.05, 0.1) is 6.67 Å². The zero-order valence-electron chi connectivity index (χ0n) is 9.57. The molecule has 1 aliphatic carbocycles. The first-order valence-corrected chi connectivity index (χ1v) is 6.49. The van der Waals surface area contributed by atoms with Gasteiger partial charge < -0.3 is 4.90 Å². The topological polar surface area (TPSA) is 29.0 Å². The van der Waals surface area contributed by atoms with Crippen LogP contribution in [0.25, 0.3) is 0 Å². The minimum absolute atomic E-state index is 0.146.